The van der Waals surface area contributed by atoms with Crippen LogP contribution in [0.5, 0.6) is 0 Å². The Balaban J connectivity index is 1.72. The minimum absolute atomic E-state index is 0.395. The zero-order chi connectivity index (χ0) is 15.7. The van der Waals surface area contributed by atoms with Gasteiger partial charge >= 0.3 is 0 Å². The molecule has 0 spiro atoms. The molecule has 1 fully saturated rings. The minimum Gasteiger partial charge on any atom is -0.366 e. The zero-order valence-electron chi connectivity index (χ0n) is 12.5. The largest absolute Gasteiger partial charge is 0.366 e. The highest BCUT2D eigenvalue weighted by Crippen LogP contribution is 2.30. The molecule has 1 aliphatic carbocycles. The summed E-state index contributed by atoms with van der Waals surface area (Å²) in [6.07, 6.45) is 4.12. The highest BCUT2D eigenvalue weighted by molar-refractivity contribution is 6.29. The Morgan fingerprint density at radius 3 is 2.55 bits per heavy atom. The van der Waals surface area contributed by atoms with E-state index in [0.29, 0.717) is 16.8 Å². The van der Waals surface area contributed by atoms with Gasteiger partial charge in [0, 0.05) is 25.2 Å². The molecular weight excluding hydrogens is 300 g/mol. The molecule has 0 radical (unpaired) electrons. The smallest absolute Gasteiger partial charge is 0.248 e. The van der Waals surface area contributed by atoms with Gasteiger partial charge in [-0.25, -0.2) is 4.98 Å². The number of nitrogens with zero attached hydrogens (tertiary/aromatic N) is 3. The Hall–Kier alpha value is -1.85. The second-order valence-corrected chi connectivity index (χ2v) is 6.14. The van der Waals surface area contributed by atoms with Crippen molar-refractivity contribution in [1.29, 1.82) is 0 Å². The quantitative estimate of drug-likeness (QED) is 0.889. The van der Waals surface area contributed by atoms with Gasteiger partial charge in [0.05, 0.1) is 12.7 Å². The molecule has 1 aromatic heterocycles. The van der Waals surface area contributed by atoms with Crippen molar-refractivity contribution in [1.82, 2.24) is 14.5 Å². The second kappa shape index (κ2) is 6.10. The van der Waals surface area contributed by atoms with Crippen LogP contribution in [0.25, 0.3) is 0 Å². The van der Waals surface area contributed by atoms with Gasteiger partial charge in [-0.15, -0.1) is 0 Å². The van der Waals surface area contributed by atoms with Crippen LogP contribution >= 0.6 is 11.6 Å². The maximum absolute atomic E-state index is 11.1. The molecule has 0 aliphatic heterocycles. The normalized spacial score (nSPS) is 14.5. The first-order valence-corrected chi connectivity index (χ1v) is 7.71. The molecule has 1 amide bonds. The standard InChI is InChI=1S/C16H19ClN4O/c1-20-14(17)8-19-15(20)10-21(13-6-7-13)9-11-2-4-12(5-3-11)16(18)22/h2-5,8,13H,6-7,9-10H2,1H3,(H2,18,22). The topological polar surface area (TPSA) is 64.2 Å². The van der Waals surface area contributed by atoms with Gasteiger partial charge in [0.2, 0.25) is 5.91 Å². The molecule has 1 heterocycles. The van der Waals surface area contributed by atoms with Crippen molar-refractivity contribution in [3.05, 3.63) is 52.6 Å². The number of aromatic nitrogens is 2. The lowest BCUT2D eigenvalue weighted by Crippen LogP contribution is -2.26. The van der Waals surface area contributed by atoms with Crippen LogP contribution in [-0.2, 0) is 20.1 Å². The third-order valence-electron chi connectivity index (χ3n) is 4.06. The Morgan fingerprint density at radius 1 is 1.36 bits per heavy atom. The van der Waals surface area contributed by atoms with Gasteiger partial charge < -0.3 is 10.3 Å². The van der Waals surface area contributed by atoms with E-state index in [1.54, 1.807) is 18.3 Å². The van der Waals surface area contributed by atoms with E-state index in [2.05, 4.69) is 9.88 Å². The fourth-order valence-corrected chi connectivity index (χ4v) is 2.66. The monoisotopic (exact) mass is 318 g/mol. The van der Waals surface area contributed by atoms with Crippen LogP contribution in [0.4, 0.5) is 0 Å². The number of benzene rings is 1. The average molecular weight is 319 g/mol. The summed E-state index contributed by atoms with van der Waals surface area (Å²) in [4.78, 5) is 17.9. The number of hydrogen-bond donors (Lipinski definition) is 1. The van der Waals surface area contributed by atoms with E-state index in [0.717, 1.165) is 24.5 Å². The van der Waals surface area contributed by atoms with Crippen LogP contribution in [0, 0.1) is 0 Å². The van der Waals surface area contributed by atoms with E-state index < -0.39 is 5.91 Å². The molecule has 0 atom stereocenters. The highest BCUT2D eigenvalue weighted by Gasteiger charge is 2.29. The number of primary amides is 1. The van der Waals surface area contributed by atoms with Gasteiger partial charge in [-0.2, -0.15) is 0 Å². The highest BCUT2D eigenvalue weighted by atomic mass is 35.5. The first-order valence-electron chi connectivity index (χ1n) is 7.33. The first-order chi connectivity index (χ1) is 10.5. The number of halogens is 1. The minimum atomic E-state index is -0.395. The van der Waals surface area contributed by atoms with Gasteiger partial charge in [0.15, 0.2) is 0 Å². The molecule has 1 aliphatic rings. The summed E-state index contributed by atoms with van der Waals surface area (Å²) in [5.74, 6) is 0.568. The number of rotatable bonds is 6. The van der Waals surface area contributed by atoms with Crippen molar-refractivity contribution < 1.29 is 4.79 Å². The van der Waals surface area contributed by atoms with E-state index in [4.69, 9.17) is 17.3 Å². The molecule has 5 nitrogen and oxygen atoms in total. The lowest BCUT2D eigenvalue weighted by atomic mass is 10.1. The summed E-state index contributed by atoms with van der Waals surface area (Å²) < 4.78 is 1.91. The molecule has 0 unspecified atom stereocenters. The van der Waals surface area contributed by atoms with Crippen LogP contribution in [0.3, 0.4) is 0 Å². The Bertz CT molecular complexity index is 676. The summed E-state index contributed by atoms with van der Waals surface area (Å²) in [5, 5.41) is 0.650. The summed E-state index contributed by atoms with van der Waals surface area (Å²) in [6.45, 7) is 1.60. The Morgan fingerprint density at radius 2 is 2.05 bits per heavy atom. The maximum Gasteiger partial charge on any atom is 0.248 e. The van der Waals surface area contributed by atoms with E-state index in [-0.39, 0.29) is 0 Å². The molecule has 0 bridgehead atoms. The molecule has 116 valence electrons. The van der Waals surface area contributed by atoms with Gasteiger partial charge in [-0.05, 0) is 30.5 Å². The van der Waals surface area contributed by atoms with Gasteiger partial charge in [-0.3, -0.25) is 9.69 Å². The summed E-state index contributed by atoms with van der Waals surface area (Å²) in [5.41, 5.74) is 6.98. The molecule has 1 aromatic carbocycles. The van der Waals surface area contributed by atoms with Crippen molar-refractivity contribution in [3.8, 4) is 0 Å². The fraction of sp³-hybridized carbons (Fsp3) is 0.375. The SMILES string of the molecule is Cn1c(Cl)cnc1CN(Cc1ccc(C(N)=O)cc1)C1CC1. The van der Waals surface area contributed by atoms with Crippen LogP contribution < -0.4 is 5.73 Å². The van der Waals surface area contributed by atoms with E-state index in [9.17, 15) is 4.79 Å². The van der Waals surface area contributed by atoms with Gasteiger partial charge in [0.25, 0.3) is 0 Å². The summed E-state index contributed by atoms with van der Waals surface area (Å²) in [6, 6.07) is 8.08. The predicted octanol–water partition coefficient (Wildman–Crippen LogP) is 2.34. The van der Waals surface area contributed by atoms with Crippen LogP contribution in [0.2, 0.25) is 5.15 Å². The Kier molecular flexibility index (Phi) is 4.18. The van der Waals surface area contributed by atoms with Gasteiger partial charge in [-0.1, -0.05) is 23.7 Å². The van der Waals surface area contributed by atoms with E-state index in [1.165, 1.54) is 12.8 Å². The number of hydrogen-bond acceptors (Lipinski definition) is 3. The van der Waals surface area contributed by atoms with E-state index in [1.807, 2.05) is 23.7 Å². The molecule has 3 rings (SSSR count). The molecule has 2 N–H and O–H groups in total. The lowest BCUT2D eigenvalue weighted by Gasteiger charge is -2.22. The predicted molar refractivity (Wildman–Crippen MR) is 85.4 cm³/mol. The van der Waals surface area contributed by atoms with Crippen LogP contribution in [0.15, 0.2) is 30.5 Å². The zero-order valence-corrected chi connectivity index (χ0v) is 13.3. The number of nitrogens with two attached hydrogens (primary N) is 1. The molecule has 0 saturated heterocycles. The molecule has 22 heavy (non-hydrogen) atoms. The van der Waals surface area contributed by atoms with Crippen molar-refractivity contribution in [2.45, 2.75) is 32.0 Å². The van der Waals surface area contributed by atoms with Crippen molar-refractivity contribution >= 4 is 17.5 Å². The van der Waals surface area contributed by atoms with Crippen molar-refractivity contribution in [3.63, 3.8) is 0 Å². The third kappa shape index (κ3) is 3.31. The number of imidazole rings is 1. The van der Waals surface area contributed by atoms with E-state index >= 15 is 0 Å². The summed E-state index contributed by atoms with van der Waals surface area (Å²) >= 11 is 6.05. The molecule has 2 aromatic rings. The van der Waals surface area contributed by atoms with Crippen LogP contribution in [0.1, 0.15) is 34.6 Å². The second-order valence-electron chi connectivity index (χ2n) is 5.75. The third-order valence-corrected chi connectivity index (χ3v) is 4.41. The maximum atomic E-state index is 11.1. The number of carbonyl (C=O) groups excluding carboxylic acids is 1. The Labute approximate surface area is 134 Å². The van der Waals surface area contributed by atoms with Crippen LogP contribution in [-0.4, -0.2) is 26.4 Å². The number of amides is 1. The molecular formula is C16H19ClN4O. The summed E-state index contributed by atoms with van der Waals surface area (Å²) in [7, 11) is 1.93. The fourth-order valence-electron chi connectivity index (χ4n) is 2.52. The number of carbonyl (C=O) groups is 1. The average Bonchev–Trinajstić information content (AvgIpc) is 3.30. The van der Waals surface area contributed by atoms with Crippen molar-refractivity contribution in [2.75, 3.05) is 0 Å². The van der Waals surface area contributed by atoms with Gasteiger partial charge in [0.1, 0.15) is 11.0 Å². The first kappa shape index (κ1) is 15.1. The van der Waals surface area contributed by atoms with Crippen molar-refractivity contribution in [2.24, 2.45) is 12.8 Å². The lowest BCUT2D eigenvalue weighted by molar-refractivity contribution is 0.100. The molecule has 1 saturated carbocycles. The molecule has 6 heteroatoms.